The molecule has 1 aromatic heterocycles. The summed E-state index contributed by atoms with van der Waals surface area (Å²) in [5.74, 6) is -0.837. The fraction of sp³-hybridized carbons (Fsp3) is 0.200. The Morgan fingerprint density at radius 2 is 2.56 bits per heavy atom. The van der Waals surface area contributed by atoms with Crippen LogP contribution in [0.25, 0.3) is 0 Å². The molecule has 0 radical (unpaired) electrons. The van der Waals surface area contributed by atoms with Gasteiger partial charge in [-0.1, -0.05) is 0 Å². The molecule has 9 heavy (non-hydrogen) atoms. The van der Waals surface area contributed by atoms with Crippen molar-refractivity contribution in [2.75, 3.05) is 0 Å². The van der Waals surface area contributed by atoms with Crippen molar-refractivity contribution in [2.45, 2.75) is 6.92 Å². The zero-order valence-electron chi connectivity index (χ0n) is 4.79. The predicted octanol–water partition coefficient (Wildman–Crippen LogP) is 0.681. The van der Waals surface area contributed by atoms with E-state index < -0.39 is 5.97 Å². The zero-order valence-corrected chi connectivity index (χ0v) is 4.79. The lowest BCUT2D eigenvalue weighted by Gasteiger charge is -1.79. The molecule has 0 bridgehead atoms. The van der Waals surface area contributed by atoms with Gasteiger partial charge in [0, 0.05) is 6.92 Å². The van der Waals surface area contributed by atoms with Gasteiger partial charge in [0.15, 0.2) is 5.89 Å². The molecule has 0 fully saturated rings. The van der Waals surface area contributed by atoms with Gasteiger partial charge < -0.3 is 9.52 Å². The molecular weight excluding hydrogens is 122 g/mol. The Bertz CT molecular complexity index is 228. The first-order valence-electron chi connectivity index (χ1n) is 2.36. The molecular formula is C5H5NO3. The monoisotopic (exact) mass is 127 g/mol. The molecule has 0 aliphatic rings. The number of carboxylic acids is 1. The molecule has 4 heteroatoms. The summed E-state index contributed by atoms with van der Waals surface area (Å²) in [6.07, 6.45) is 1.18. The van der Waals surface area contributed by atoms with Gasteiger partial charge in [0.05, 0.1) is 6.20 Å². The van der Waals surface area contributed by atoms with Crippen molar-refractivity contribution < 1.29 is 14.3 Å². The Labute approximate surface area is 51.1 Å². The first-order chi connectivity index (χ1) is 4.20. The summed E-state index contributed by atoms with van der Waals surface area (Å²) < 4.78 is 4.63. The number of carboxylic acid groups (broad SMARTS) is 1. The summed E-state index contributed by atoms with van der Waals surface area (Å²) in [5, 5.41) is 8.26. The summed E-state index contributed by atoms with van der Waals surface area (Å²) in [7, 11) is 0. The van der Waals surface area contributed by atoms with Crippen molar-refractivity contribution in [3.63, 3.8) is 0 Å². The number of carbonyl (C=O) groups is 1. The van der Waals surface area contributed by atoms with Crippen LogP contribution < -0.4 is 0 Å². The van der Waals surface area contributed by atoms with Crippen LogP contribution in [-0.4, -0.2) is 16.1 Å². The van der Waals surface area contributed by atoms with Crippen LogP contribution in [-0.2, 0) is 0 Å². The molecule has 1 aromatic rings. The number of aromatic carboxylic acids is 1. The van der Waals surface area contributed by atoms with E-state index in [1.54, 1.807) is 6.92 Å². The standard InChI is InChI=1S/C5H5NO3/c1-3-6-2-4(9-3)5(7)8/h2H,1H3,(H,7,8). The Hall–Kier alpha value is -1.32. The Morgan fingerprint density at radius 1 is 1.89 bits per heavy atom. The fourth-order valence-electron chi connectivity index (χ4n) is 0.460. The van der Waals surface area contributed by atoms with Crippen molar-refractivity contribution >= 4 is 5.97 Å². The maximum Gasteiger partial charge on any atom is 0.373 e. The quantitative estimate of drug-likeness (QED) is 0.602. The minimum Gasteiger partial charge on any atom is -0.475 e. The number of hydrogen-bond donors (Lipinski definition) is 1. The molecule has 0 unspecified atom stereocenters. The van der Waals surface area contributed by atoms with Crippen molar-refractivity contribution in [2.24, 2.45) is 0 Å². The average molecular weight is 127 g/mol. The van der Waals surface area contributed by atoms with E-state index in [1.807, 2.05) is 0 Å². The lowest BCUT2D eigenvalue weighted by Crippen LogP contribution is -1.91. The molecule has 0 saturated carbocycles. The van der Waals surface area contributed by atoms with Crippen LogP contribution >= 0.6 is 0 Å². The summed E-state index contributed by atoms with van der Waals surface area (Å²) in [5.41, 5.74) is 0. The van der Waals surface area contributed by atoms with Crippen molar-refractivity contribution in [3.05, 3.63) is 17.8 Å². The van der Waals surface area contributed by atoms with Crippen molar-refractivity contribution in [3.8, 4) is 0 Å². The highest BCUT2D eigenvalue weighted by molar-refractivity contribution is 5.83. The summed E-state index contributed by atoms with van der Waals surface area (Å²) >= 11 is 0. The second-order valence-corrected chi connectivity index (χ2v) is 1.55. The minimum absolute atomic E-state index is 0.118. The van der Waals surface area contributed by atoms with Crippen LogP contribution in [0.3, 0.4) is 0 Å². The molecule has 0 atom stereocenters. The average Bonchev–Trinajstić information content (AvgIpc) is 2.14. The Balaban J connectivity index is 2.98. The van der Waals surface area contributed by atoms with Crippen LogP contribution in [0.1, 0.15) is 16.4 Å². The van der Waals surface area contributed by atoms with E-state index in [2.05, 4.69) is 9.40 Å². The van der Waals surface area contributed by atoms with Gasteiger partial charge in [-0.2, -0.15) is 0 Å². The molecule has 0 spiro atoms. The second kappa shape index (κ2) is 1.89. The highest BCUT2D eigenvalue weighted by Crippen LogP contribution is 2.00. The normalized spacial score (nSPS) is 9.44. The van der Waals surface area contributed by atoms with Gasteiger partial charge in [0.2, 0.25) is 5.76 Å². The van der Waals surface area contributed by atoms with Gasteiger partial charge in [-0.25, -0.2) is 9.78 Å². The maximum absolute atomic E-state index is 10.1. The first kappa shape index (κ1) is 5.81. The van der Waals surface area contributed by atoms with Crippen LogP contribution in [0.4, 0.5) is 0 Å². The Morgan fingerprint density at radius 3 is 2.78 bits per heavy atom. The van der Waals surface area contributed by atoms with Crippen LogP contribution in [0.15, 0.2) is 10.6 Å². The first-order valence-corrected chi connectivity index (χ1v) is 2.36. The van der Waals surface area contributed by atoms with Crippen molar-refractivity contribution in [1.29, 1.82) is 0 Å². The molecule has 0 aromatic carbocycles. The van der Waals surface area contributed by atoms with E-state index >= 15 is 0 Å². The third-order valence-electron chi connectivity index (χ3n) is 0.832. The molecule has 1 heterocycles. The van der Waals surface area contributed by atoms with E-state index in [0.717, 1.165) is 0 Å². The Kier molecular flexibility index (Phi) is 1.22. The van der Waals surface area contributed by atoms with E-state index in [9.17, 15) is 4.79 Å². The highest BCUT2D eigenvalue weighted by Gasteiger charge is 2.06. The molecule has 0 amide bonds. The van der Waals surface area contributed by atoms with Gasteiger partial charge >= 0.3 is 5.97 Å². The summed E-state index contributed by atoms with van der Waals surface area (Å²) in [4.78, 5) is 13.7. The van der Waals surface area contributed by atoms with E-state index in [4.69, 9.17) is 5.11 Å². The van der Waals surface area contributed by atoms with E-state index in [1.165, 1.54) is 6.20 Å². The third kappa shape index (κ3) is 1.07. The molecule has 0 aliphatic heterocycles. The molecule has 48 valence electrons. The number of hydrogen-bond acceptors (Lipinski definition) is 3. The lowest BCUT2D eigenvalue weighted by atomic mass is 10.5. The van der Waals surface area contributed by atoms with Crippen LogP contribution in [0, 0.1) is 6.92 Å². The molecule has 0 saturated heterocycles. The number of nitrogens with zero attached hydrogens (tertiary/aromatic N) is 1. The van der Waals surface area contributed by atoms with Crippen LogP contribution in [0.5, 0.6) is 0 Å². The number of aryl methyl sites for hydroxylation is 1. The zero-order chi connectivity index (χ0) is 6.85. The number of rotatable bonds is 1. The van der Waals surface area contributed by atoms with Gasteiger partial charge in [-0.05, 0) is 0 Å². The predicted molar refractivity (Wildman–Crippen MR) is 28.2 cm³/mol. The number of aromatic nitrogens is 1. The fourth-order valence-corrected chi connectivity index (χ4v) is 0.460. The molecule has 0 aliphatic carbocycles. The van der Waals surface area contributed by atoms with Gasteiger partial charge in [-0.15, -0.1) is 0 Å². The van der Waals surface area contributed by atoms with Gasteiger partial charge in [-0.3, -0.25) is 0 Å². The summed E-state index contributed by atoms with van der Waals surface area (Å²) in [6.45, 7) is 1.59. The third-order valence-corrected chi connectivity index (χ3v) is 0.832. The summed E-state index contributed by atoms with van der Waals surface area (Å²) in [6, 6.07) is 0. The second-order valence-electron chi connectivity index (χ2n) is 1.55. The van der Waals surface area contributed by atoms with E-state index in [-0.39, 0.29) is 5.76 Å². The molecule has 1 N–H and O–H groups in total. The van der Waals surface area contributed by atoms with Gasteiger partial charge in [0.25, 0.3) is 0 Å². The van der Waals surface area contributed by atoms with E-state index in [0.29, 0.717) is 5.89 Å². The number of oxazole rings is 1. The lowest BCUT2D eigenvalue weighted by molar-refractivity contribution is 0.0661. The molecule has 1 rings (SSSR count). The minimum atomic E-state index is -1.09. The topological polar surface area (TPSA) is 63.3 Å². The van der Waals surface area contributed by atoms with Crippen molar-refractivity contribution in [1.82, 2.24) is 4.98 Å². The highest BCUT2D eigenvalue weighted by atomic mass is 16.4. The van der Waals surface area contributed by atoms with Gasteiger partial charge in [0.1, 0.15) is 0 Å². The van der Waals surface area contributed by atoms with Crippen LogP contribution in [0.2, 0.25) is 0 Å². The maximum atomic E-state index is 10.1. The SMILES string of the molecule is Cc1ncc(C(=O)O)o1. The smallest absolute Gasteiger partial charge is 0.373 e. The molecule has 4 nitrogen and oxygen atoms in total. The largest absolute Gasteiger partial charge is 0.475 e.